The summed E-state index contributed by atoms with van der Waals surface area (Å²) in [6, 6.07) is -0.342. The van der Waals surface area contributed by atoms with Crippen LogP contribution in [0.2, 0.25) is 0 Å². The maximum absolute atomic E-state index is 14.9. The third kappa shape index (κ3) is 2.64. The van der Waals surface area contributed by atoms with Gasteiger partial charge in [-0.1, -0.05) is 6.08 Å². The molecule has 7 nitrogen and oxygen atoms in total. The first-order valence-corrected chi connectivity index (χ1v) is 8.89. The Balaban J connectivity index is 1.74. The molecule has 1 aliphatic carbocycles. The van der Waals surface area contributed by atoms with Gasteiger partial charge in [-0.15, -0.1) is 0 Å². The van der Waals surface area contributed by atoms with Gasteiger partial charge in [0, 0.05) is 25.2 Å². The molecule has 3 aliphatic heterocycles. The molecular weight excluding hydrogens is 341 g/mol. The van der Waals surface area contributed by atoms with Gasteiger partial charge in [-0.2, -0.15) is 0 Å². The Kier molecular flexibility index (Phi) is 4.11. The van der Waals surface area contributed by atoms with Crippen LogP contribution in [0.15, 0.2) is 34.9 Å². The quantitative estimate of drug-likeness (QED) is 0.577. The van der Waals surface area contributed by atoms with E-state index in [1.807, 2.05) is 11.8 Å². The predicted octanol–water partition coefficient (Wildman–Crippen LogP) is 1.30. The number of carboxylic acid groups (broad SMARTS) is 1. The van der Waals surface area contributed by atoms with Gasteiger partial charge in [0.15, 0.2) is 5.83 Å². The molecule has 0 aromatic heterocycles. The first-order valence-electron chi connectivity index (χ1n) is 8.89. The van der Waals surface area contributed by atoms with Crippen LogP contribution in [0.5, 0.6) is 0 Å². The molecule has 1 amide bonds. The topological polar surface area (TPSA) is 96.1 Å². The van der Waals surface area contributed by atoms with E-state index in [0.717, 1.165) is 24.6 Å². The lowest BCUT2D eigenvalue weighted by molar-refractivity contribution is -0.138. The number of fused-ring (bicyclic) bond motifs is 1. The highest BCUT2D eigenvalue weighted by molar-refractivity contribution is 6.16. The van der Waals surface area contributed by atoms with Crippen LogP contribution in [0, 0.1) is 11.8 Å². The van der Waals surface area contributed by atoms with E-state index < -0.39 is 17.7 Å². The Morgan fingerprint density at radius 3 is 2.69 bits per heavy atom. The summed E-state index contributed by atoms with van der Waals surface area (Å²) in [6.07, 6.45) is 5.30. The van der Waals surface area contributed by atoms with E-state index in [1.54, 1.807) is 6.08 Å². The molecule has 0 aromatic rings. The number of aliphatic carboxylic acids is 1. The van der Waals surface area contributed by atoms with Crippen LogP contribution < -0.4 is 5.90 Å². The lowest BCUT2D eigenvalue weighted by atomic mass is 9.81. The smallest absolute Gasteiger partial charge is 0.341 e. The molecule has 8 heteroatoms. The Labute approximate surface area is 150 Å². The van der Waals surface area contributed by atoms with E-state index in [9.17, 15) is 19.1 Å². The summed E-state index contributed by atoms with van der Waals surface area (Å²) >= 11 is 0. The first-order chi connectivity index (χ1) is 12.4. The normalized spacial score (nSPS) is 31.8. The minimum Gasteiger partial charge on any atom is -0.478 e. The highest BCUT2D eigenvalue weighted by atomic mass is 19.1. The van der Waals surface area contributed by atoms with Crippen molar-refractivity contribution >= 4 is 11.9 Å². The maximum atomic E-state index is 14.9. The van der Waals surface area contributed by atoms with Crippen LogP contribution >= 0.6 is 0 Å². The Bertz CT molecular complexity index is 756. The molecule has 0 aromatic carbocycles. The Morgan fingerprint density at radius 1 is 1.38 bits per heavy atom. The molecule has 140 valence electrons. The summed E-state index contributed by atoms with van der Waals surface area (Å²) in [5.41, 5.74) is 0.973. The Morgan fingerprint density at radius 2 is 2.12 bits per heavy atom. The van der Waals surface area contributed by atoms with E-state index in [1.165, 1.54) is 4.90 Å². The van der Waals surface area contributed by atoms with E-state index in [4.69, 9.17) is 10.7 Å². The molecule has 3 heterocycles. The number of allylic oxidation sites excluding steroid dienone is 1. The standard InChI is InChI=1S/C18H22FN3O4/c1-9-15-12(10-2-3-10)6-13(18(24)25)17(23)22(15)8-14(19)16(9)21-5-4-11(7-21)26-20/h6,8,10-12,15H,2-5,7,20H2,1H3,(H,24,25). The van der Waals surface area contributed by atoms with Gasteiger partial charge in [0.1, 0.15) is 5.57 Å². The average molecular weight is 363 g/mol. The monoisotopic (exact) mass is 363 g/mol. The van der Waals surface area contributed by atoms with Gasteiger partial charge in [0.2, 0.25) is 0 Å². The lowest BCUT2D eigenvalue weighted by Gasteiger charge is -2.43. The van der Waals surface area contributed by atoms with E-state index in [2.05, 4.69) is 0 Å². The summed E-state index contributed by atoms with van der Waals surface area (Å²) in [5, 5.41) is 9.36. The number of amides is 1. The van der Waals surface area contributed by atoms with Crippen LogP contribution in [-0.2, 0) is 14.4 Å². The molecule has 3 atom stereocenters. The van der Waals surface area contributed by atoms with Gasteiger partial charge in [0.25, 0.3) is 5.91 Å². The number of halogens is 1. The number of nitrogens with zero attached hydrogens (tertiary/aromatic N) is 2. The molecule has 3 N–H and O–H groups in total. The fourth-order valence-corrected chi connectivity index (χ4v) is 4.43. The third-order valence-corrected chi connectivity index (χ3v) is 5.83. The second-order valence-electron chi connectivity index (χ2n) is 7.46. The zero-order valence-electron chi connectivity index (χ0n) is 14.5. The number of carboxylic acids is 1. The number of likely N-dealkylation sites (tertiary alicyclic amines) is 1. The van der Waals surface area contributed by atoms with Crippen molar-refractivity contribution in [3.63, 3.8) is 0 Å². The van der Waals surface area contributed by atoms with Crippen molar-refractivity contribution in [3.05, 3.63) is 34.9 Å². The van der Waals surface area contributed by atoms with Gasteiger partial charge in [-0.25, -0.2) is 15.1 Å². The molecule has 4 aliphatic rings. The second-order valence-corrected chi connectivity index (χ2v) is 7.46. The highest BCUT2D eigenvalue weighted by Crippen LogP contribution is 2.47. The van der Waals surface area contributed by atoms with Gasteiger partial charge < -0.3 is 14.9 Å². The SMILES string of the molecule is CC1=C(N2CCC(ON)C2)C(F)=CN2C(=O)C(C(=O)O)=CC(C3CC3)C12. The molecule has 0 spiro atoms. The largest absolute Gasteiger partial charge is 0.478 e. The molecule has 26 heavy (non-hydrogen) atoms. The summed E-state index contributed by atoms with van der Waals surface area (Å²) in [7, 11) is 0. The van der Waals surface area contributed by atoms with Crippen LogP contribution in [-0.4, -0.2) is 52.0 Å². The van der Waals surface area contributed by atoms with Crippen molar-refractivity contribution in [1.82, 2.24) is 9.80 Å². The van der Waals surface area contributed by atoms with Crippen LogP contribution in [0.25, 0.3) is 0 Å². The molecule has 3 unspecified atom stereocenters. The van der Waals surface area contributed by atoms with Gasteiger partial charge in [0.05, 0.1) is 17.8 Å². The number of carbonyl (C=O) groups is 2. The fraction of sp³-hybridized carbons (Fsp3) is 0.556. The number of hydrogen-bond acceptors (Lipinski definition) is 5. The van der Waals surface area contributed by atoms with Crippen molar-refractivity contribution in [2.75, 3.05) is 13.1 Å². The molecule has 0 bridgehead atoms. The van der Waals surface area contributed by atoms with Gasteiger partial charge in [-0.3, -0.25) is 9.63 Å². The minimum atomic E-state index is -1.26. The fourth-order valence-electron chi connectivity index (χ4n) is 4.43. The van der Waals surface area contributed by atoms with Crippen LogP contribution in [0.4, 0.5) is 4.39 Å². The molecule has 1 saturated carbocycles. The molecule has 2 fully saturated rings. The summed E-state index contributed by atoms with van der Waals surface area (Å²) < 4.78 is 14.9. The zero-order valence-corrected chi connectivity index (χ0v) is 14.5. The van der Waals surface area contributed by atoms with Crippen molar-refractivity contribution < 1.29 is 23.9 Å². The van der Waals surface area contributed by atoms with Crippen molar-refractivity contribution in [1.29, 1.82) is 0 Å². The van der Waals surface area contributed by atoms with E-state index in [0.29, 0.717) is 31.1 Å². The first kappa shape index (κ1) is 17.2. The highest BCUT2D eigenvalue weighted by Gasteiger charge is 2.48. The summed E-state index contributed by atoms with van der Waals surface area (Å²) in [5.74, 6) is 3.05. The van der Waals surface area contributed by atoms with Crippen molar-refractivity contribution in [3.8, 4) is 0 Å². The van der Waals surface area contributed by atoms with Crippen molar-refractivity contribution in [2.24, 2.45) is 17.7 Å². The predicted molar refractivity (Wildman–Crippen MR) is 89.7 cm³/mol. The number of nitrogens with two attached hydrogens (primary N) is 1. The lowest BCUT2D eigenvalue weighted by Crippen LogP contribution is -2.50. The maximum Gasteiger partial charge on any atom is 0.341 e. The minimum absolute atomic E-state index is 0.109. The molecule has 0 radical (unpaired) electrons. The molecule has 1 saturated heterocycles. The van der Waals surface area contributed by atoms with Crippen LogP contribution in [0.1, 0.15) is 26.2 Å². The molecule has 4 rings (SSSR count). The van der Waals surface area contributed by atoms with Crippen molar-refractivity contribution in [2.45, 2.75) is 38.3 Å². The summed E-state index contributed by atoms with van der Waals surface area (Å²) in [6.45, 7) is 2.95. The Hall–Kier alpha value is -2.19. The van der Waals surface area contributed by atoms with Crippen LogP contribution in [0.3, 0.4) is 0 Å². The number of rotatable bonds is 4. The number of hydrogen-bond donors (Lipinski definition) is 2. The average Bonchev–Trinajstić information content (AvgIpc) is 3.33. The van der Waals surface area contributed by atoms with Gasteiger partial charge >= 0.3 is 5.97 Å². The number of carbonyl (C=O) groups excluding carboxylic acids is 1. The van der Waals surface area contributed by atoms with E-state index in [-0.39, 0.29) is 23.6 Å². The van der Waals surface area contributed by atoms with Gasteiger partial charge in [-0.05, 0) is 37.7 Å². The zero-order chi connectivity index (χ0) is 18.6. The summed E-state index contributed by atoms with van der Waals surface area (Å²) in [4.78, 5) is 32.1. The van der Waals surface area contributed by atoms with E-state index >= 15 is 0 Å². The third-order valence-electron chi connectivity index (χ3n) is 5.83. The molecular formula is C18H22FN3O4. The second kappa shape index (κ2) is 6.21.